The molecule has 0 amide bonds. The van der Waals surface area contributed by atoms with Crippen molar-refractivity contribution in [1.29, 1.82) is 0 Å². The standard InChI is InChI=1S/C10H12BrIO3S/c11-9-1-3-10(4-2-9)14-6-8(5-13)7-15-16-12/h1-4,8,13H,5-7H2. The maximum Gasteiger partial charge on any atom is 0.119 e. The average Bonchev–Trinajstić information content (AvgIpc) is 2.32. The van der Waals surface area contributed by atoms with Gasteiger partial charge in [-0.3, -0.25) is 0 Å². The van der Waals surface area contributed by atoms with Crippen LogP contribution in [0.15, 0.2) is 28.7 Å². The van der Waals surface area contributed by atoms with Crippen LogP contribution < -0.4 is 4.74 Å². The molecule has 1 aromatic rings. The summed E-state index contributed by atoms with van der Waals surface area (Å²) in [5.41, 5.74) is 0. The van der Waals surface area contributed by atoms with Crippen molar-refractivity contribution in [2.75, 3.05) is 19.8 Å². The zero-order valence-electron chi connectivity index (χ0n) is 8.44. The predicted octanol–water partition coefficient (Wildman–Crippen LogP) is 3.45. The topological polar surface area (TPSA) is 38.7 Å². The molecule has 3 nitrogen and oxygen atoms in total. The summed E-state index contributed by atoms with van der Waals surface area (Å²) in [6.45, 7) is 1.00. The van der Waals surface area contributed by atoms with Gasteiger partial charge in [0.05, 0.1) is 29.0 Å². The summed E-state index contributed by atoms with van der Waals surface area (Å²) < 4.78 is 11.7. The highest BCUT2D eigenvalue weighted by atomic mass is 127. The fourth-order valence-corrected chi connectivity index (χ4v) is 1.97. The van der Waals surface area contributed by atoms with Gasteiger partial charge >= 0.3 is 0 Å². The lowest BCUT2D eigenvalue weighted by Gasteiger charge is -2.14. The normalized spacial score (nSPS) is 12.4. The van der Waals surface area contributed by atoms with Gasteiger partial charge in [0.2, 0.25) is 0 Å². The van der Waals surface area contributed by atoms with E-state index in [-0.39, 0.29) is 12.5 Å². The average molecular weight is 419 g/mol. The van der Waals surface area contributed by atoms with Gasteiger partial charge in [0.15, 0.2) is 0 Å². The summed E-state index contributed by atoms with van der Waals surface area (Å²) in [5, 5.41) is 9.10. The third-order valence-electron chi connectivity index (χ3n) is 1.91. The van der Waals surface area contributed by atoms with Crippen molar-refractivity contribution < 1.29 is 14.0 Å². The molecule has 0 saturated heterocycles. The van der Waals surface area contributed by atoms with E-state index in [1.54, 1.807) is 0 Å². The van der Waals surface area contributed by atoms with E-state index in [1.165, 1.54) is 9.21 Å². The first-order chi connectivity index (χ1) is 7.76. The number of hydrogen-bond donors (Lipinski definition) is 1. The van der Waals surface area contributed by atoms with Crippen molar-refractivity contribution in [3.63, 3.8) is 0 Å². The van der Waals surface area contributed by atoms with E-state index in [9.17, 15) is 0 Å². The molecule has 0 radical (unpaired) electrons. The first-order valence-corrected chi connectivity index (χ1v) is 8.73. The van der Waals surface area contributed by atoms with E-state index < -0.39 is 0 Å². The van der Waals surface area contributed by atoms with Crippen LogP contribution in [-0.4, -0.2) is 24.9 Å². The number of aliphatic hydroxyl groups excluding tert-OH is 1. The smallest absolute Gasteiger partial charge is 0.119 e. The maximum atomic E-state index is 9.10. The Hall–Kier alpha value is 0.500. The minimum atomic E-state index is 0.00547. The third kappa shape index (κ3) is 5.72. The van der Waals surface area contributed by atoms with E-state index >= 15 is 0 Å². The Morgan fingerprint density at radius 2 is 2.00 bits per heavy atom. The fourth-order valence-electron chi connectivity index (χ4n) is 1.02. The number of halogens is 2. The highest BCUT2D eigenvalue weighted by Crippen LogP contribution is 2.18. The van der Waals surface area contributed by atoms with Gasteiger partial charge in [-0.15, -0.1) is 0 Å². The van der Waals surface area contributed by atoms with Gasteiger partial charge in [0.1, 0.15) is 5.75 Å². The van der Waals surface area contributed by atoms with Crippen molar-refractivity contribution in [2.45, 2.75) is 0 Å². The molecule has 0 aliphatic carbocycles. The molecule has 0 saturated carbocycles. The number of benzene rings is 1. The summed E-state index contributed by atoms with van der Waals surface area (Å²) in [6, 6.07) is 7.60. The van der Waals surface area contributed by atoms with Gasteiger partial charge in [0.25, 0.3) is 0 Å². The highest BCUT2D eigenvalue weighted by Gasteiger charge is 2.09. The third-order valence-corrected chi connectivity index (χ3v) is 3.42. The van der Waals surface area contributed by atoms with E-state index in [4.69, 9.17) is 14.0 Å². The monoisotopic (exact) mass is 418 g/mol. The Labute approximate surface area is 120 Å². The molecule has 1 aromatic carbocycles. The summed E-state index contributed by atoms with van der Waals surface area (Å²) in [7, 11) is 1.27. The molecule has 1 atom stereocenters. The van der Waals surface area contributed by atoms with Gasteiger partial charge in [0, 0.05) is 31.6 Å². The van der Waals surface area contributed by atoms with E-state index in [1.807, 2.05) is 45.5 Å². The molecular formula is C10H12BrIO3S. The first kappa shape index (κ1) is 14.6. The zero-order chi connectivity index (χ0) is 11.8. The Morgan fingerprint density at radius 3 is 2.56 bits per heavy atom. The molecule has 0 aromatic heterocycles. The van der Waals surface area contributed by atoms with Gasteiger partial charge in [-0.1, -0.05) is 15.9 Å². The van der Waals surface area contributed by atoms with Crippen molar-refractivity contribution in [1.82, 2.24) is 0 Å². The summed E-state index contributed by atoms with van der Waals surface area (Å²) >= 11 is 5.40. The van der Waals surface area contributed by atoms with Crippen LogP contribution >= 0.6 is 46.3 Å². The fraction of sp³-hybridized carbons (Fsp3) is 0.400. The van der Waals surface area contributed by atoms with Crippen LogP contribution in [-0.2, 0) is 4.18 Å². The molecule has 0 aliphatic rings. The number of aliphatic hydroxyl groups is 1. The Kier molecular flexibility index (Phi) is 7.80. The lowest BCUT2D eigenvalue weighted by molar-refractivity contribution is 0.125. The predicted molar refractivity (Wildman–Crippen MR) is 77.8 cm³/mol. The van der Waals surface area contributed by atoms with E-state index in [2.05, 4.69) is 15.9 Å². The molecule has 0 fully saturated rings. The van der Waals surface area contributed by atoms with Crippen LogP contribution in [0, 0.1) is 5.92 Å². The van der Waals surface area contributed by atoms with Gasteiger partial charge in [-0.05, 0) is 24.3 Å². The van der Waals surface area contributed by atoms with Crippen molar-refractivity contribution in [3.8, 4) is 5.75 Å². The molecule has 6 heteroatoms. The molecule has 1 unspecified atom stereocenters. The van der Waals surface area contributed by atoms with Crippen LogP contribution in [0.4, 0.5) is 0 Å². The highest BCUT2D eigenvalue weighted by molar-refractivity contribution is 14.2. The van der Waals surface area contributed by atoms with Gasteiger partial charge in [-0.25, -0.2) is 0 Å². The molecule has 1 rings (SSSR count). The lowest BCUT2D eigenvalue weighted by Crippen LogP contribution is -2.20. The van der Waals surface area contributed by atoms with Crippen LogP contribution in [0.2, 0.25) is 0 Å². The Morgan fingerprint density at radius 1 is 1.31 bits per heavy atom. The summed E-state index contributed by atoms with van der Waals surface area (Å²) in [5.74, 6) is 0.801. The molecule has 16 heavy (non-hydrogen) atoms. The van der Waals surface area contributed by atoms with Crippen LogP contribution in [0.1, 0.15) is 0 Å². The Bertz CT molecular complexity index is 297. The molecule has 90 valence electrons. The second-order valence-corrected chi connectivity index (χ2v) is 5.52. The van der Waals surface area contributed by atoms with Crippen LogP contribution in [0.3, 0.4) is 0 Å². The number of rotatable bonds is 7. The Balaban J connectivity index is 2.34. The summed E-state index contributed by atoms with van der Waals surface area (Å²) in [4.78, 5) is 0. The lowest BCUT2D eigenvalue weighted by atomic mass is 10.2. The summed E-state index contributed by atoms with van der Waals surface area (Å²) in [6.07, 6.45) is 0. The van der Waals surface area contributed by atoms with Crippen LogP contribution in [0.25, 0.3) is 0 Å². The zero-order valence-corrected chi connectivity index (χ0v) is 13.0. The first-order valence-electron chi connectivity index (χ1n) is 4.65. The molecule has 0 heterocycles. The SMILES string of the molecule is OCC(COSI)COc1ccc(Br)cc1. The van der Waals surface area contributed by atoms with Gasteiger partial charge < -0.3 is 14.0 Å². The largest absolute Gasteiger partial charge is 0.493 e. The van der Waals surface area contributed by atoms with E-state index in [0.717, 1.165) is 10.2 Å². The second-order valence-electron chi connectivity index (χ2n) is 3.16. The molecule has 1 N–H and O–H groups in total. The maximum absolute atomic E-state index is 9.10. The van der Waals surface area contributed by atoms with Gasteiger partial charge in [-0.2, -0.15) is 0 Å². The minimum absolute atomic E-state index is 0.00547. The minimum Gasteiger partial charge on any atom is -0.493 e. The number of ether oxygens (including phenoxy) is 1. The number of hydrogen-bond acceptors (Lipinski definition) is 4. The van der Waals surface area contributed by atoms with Crippen molar-refractivity contribution in [3.05, 3.63) is 28.7 Å². The molecular weight excluding hydrogens is 407 g/mol. The van der Waals surface area contributed by atoms with Crippen LogP contribution in [0.5, 0.6) is 5.75 Å². The second kappa shape index (κ2) is 8.57. The quantitative estimate of drug-likeness (QED) is 0.543. The van der Waals surface area contributed by atoms with E-state index in [0.29, 0.717) is 13.2 Å². The van der Waals surface area contributed by atoms with Crippen molar-refractivity contribution >= 4 is 46.3 Å². The van der Waals surface area contributed by atoms with Crippen molar-refractivity contribution in [2.24, 2.45) is 5.92 Å². The molecule has 0 bridgehead atoms. The molecule has 0 aliphatic heterocycles. The molecule has 0 spiro atoms.